The first-order valence-electron chi connectivity index (χ1n) is 9.41. The van der Waals surface area contributed by atoms with Crippen LogP contribution < -0.4 is 24.4 Å². The van der Waals surface area contributed by atoms with Crippen LogP contribution in [0.15, 0.2) is 12.1 Å². The molecule has 2 amide bonds. The van der Waals surface area contributed by atoms with Crippen molar-refractivity contribution < 1.29 is 28.9 Å². The molecular weight excluding hydrogens is 364 g/mol. The van der Waals surface area contributed by atoms with Gasteiger partial charge in [0, 0.05) is 25.1 Å². The fraction of sp³-hybridized carbons (Fsp3) is 0.600. The highest BCUT2D eigenvalue weighted by atomic mass is 16.5. The summed E-state index contributed by atoms with van der Waals surface area (Å²) in [6.07, 6.45) is 0.952. The molecule has 0 aromatic heterocycles. The molecule has 2 N–H and O–H groups in total. The van der Waals surface area contributed by atoms with Crippen LogP contribution in [0.2, 0.25) is 0 Å². The van der Waals surface area contributed by atoms with Crippen molar-refractivity contribution >= 4 is 17.5 Å². The quantitative estimate of drug-likeness (QED) is 0.660. The number of aliphatic hydroxyl groups excluding tert-OH is 1. The van der Waals surface area contributed by atoms with Crippen LogP contribution in [-0.4, -0.2) is 57.4 Å². The minimum atomic E-state index is -0.482. The van der Waals surface area contributed by atoms with Crippen LogP contribution in [-0.2, 0) is 9.59 Å². The lowest BCUT2D eigenvalue weighted by molar-refractivity contribution is -0.127. The summed E-state index contributed by atoms with van der Waals surface area (Å²) in [5, 5.41) is 12.4. The van der Waals surface area contributed by atoms with E-state index in [9.17, 15) is 14.7 Å². The van der Waals surface area contributed by atoms with Gasteiger partial charge in [0.15, 0.2) is 11.5 Å². The number of nitrogens with one attached hydrogen (secondary N) is 1. The number of nitrogens with zero attached hydrogens (tertiary/aromatic N) is 1. The summed E-state index contributed by atoms with van der Waals surface area (Å²) >= 11 is 0. The van der Waals surface area contributed by atoms with Gasteiger partial charge in [0.05, 0.1) is 45.6 Å². The average Bonchev–Trinajstić information content (AvgIpc) is 3.11. The number of amides is 2. The number of aliphatic hydroxyl groups is 1. The van der Waals surface area contributed by atoms with E-state index in [0.29, 0.717) is 22.9 Å². The van der Waals surface area contributed by atoms with Crippen LogP contribution in [0.25, 0.3) is 0 Å². The molecule has 0 radical (unpaired) electrons. The zero-order valence-corrected chi connectivity index (χ0v) is 17.2. The van der Waals surface area contributed by atoms with E-state index in [1.165, 1.54) is 21.3 Å². The van der Waals surface area contributed by atoms with Crippen LogP contribution in [0.1, 0.15) is 26.7 Å². The van der Waals surface area contributed by atoms with E-state index < -0.39 is 5.92 Å². The summed E-state index contributed by atoms with van der Waals surface area (Å²) in [5.41, 5.74) is 0.579. The third-order valence-electron chi connectivity index (χ3n) is 5.31. The SMILES string of the molecule is CC[C@H](C)[C@@H](CO)NC(=O)[C@@H]1CC(=O)N(c2cc(OC)c(OC)c(OC)c2)C1. The number of hydrogen-bond donors (Lipinski definition) is 2. The largest absolute Gasteiger partial charge is 0.493 e. The molecule has 28 heavy (non-hydrogen) atoms. The van der Waals surface area contributed by atoms with E-state index >= 15 is 0 Å². The predicted molar refractivity (Wildman–Crippen MR) is 105 cm³/mol. The van der Waals surface area contributed by atoms with Gasteiger partial charge in [-0.05, 0) is 5.92 Å². The lowest BCUT2D eigenvalue weighted by Gasteiger charge is -2.24. The number of anilines is 1. The van der Waals surface area contributed by atoms with E-state index in [-0.39, 0.29) is 43.3 Å². The Hall–Kier alpha value is -2.48. The Balaban J connectivity index is 2.19. The van der Waals surface area contributed by atoms with Gasteiger partial charge in [0.25, 0.3) is 0 Å². The lowest BCUT2D eigenvalue weighted by atomic mass is 9.98. The molecule has 3 atom stereocenters. The van der Waals surface area contributed by atoms with Gasteiger partial charge in [-0.2, -0.15) is 0 Å². The molecule has 0 saturated carbocycles. The monoisotopic (exact) mass is 394 g/mol. The topological polar surface area (TPSA) is 97.3 Å². The molecule has 2 rings (SSSR count). The van der Waals surface area contributed by atoms with Crippen molar-refractivity contribution in [3.05, 3.63) is 12.1 Å². The smallest absolute Gasteiger partial charge is 0.227 e. The van der Waals surface area contributed by atoms with Crippen molar-refractivity contribution in [2.45, 2.75) is 32.7 Å². The number of carbonyl (C=O) groups is 2. The molecule has 0 aliphatic carbocycles. The van der Waals surface area contributed by atoms with E-state index in [4.69, 9.17) is 14.2 Å². The molecule has 8 nitrogen and oxygen atoms in total. The van der Waals surface area contributed by atoms with Gasteiger partial charge < -0.3 is 29.5 Å². The molecule has 8 heteroatoms. The minimum absolute atomic E-state index is 0.112. The molecular formula is C20H30N2O6. The molecule has 1 aromatic carbocycles. The van der Waals surface area contributed by atoms with E-state index in [2.05, 4.69) is 5.32 Å². The van der Waals surface area contributed by atoms with Gasteiger partial charge in [0.2, 0.25) is 17.6 Å². The predicted octanol–water partition coefficient (Wildman–Crippen LogP) is 1.59. The zero-order valence-electron chi connectivity index (χ0n) is 17.2. The van der Waals surface area contributed by atoms with Crippen LogP contribution in [0, 0.1) is 11.8 Å². The van der Waals surface area contributed by atoms with Crippen LogP contribution in [0.5, 0.6) is 17.2 Å². The summed E-state index contributed by atoms with van der Waals surface area (Å²) in [5.74, 6) is 0.612. The van der Waals surface area contributed by atoms with Gasteiger partial charge in [0.1, 0.15) is 0 Å². The normalized spacial score (nSPS) is 18.6. The Morgan fingerprint density at radius 2 is 1.86 bits per heavy atom. The summed E-state index contributed by atoms with van der Waals surface area (Å²) in [7, 11) is 4.52. The summed E-state index contributed by atoms with van der Waals surface area (Å²) in [6.45, 7) is 4.11. The Kier molecular flexibility index (Phi) is 7.51. The van der Waals surface area contributed by atoms with Gasteiger partial charge in [-0.15, -0.1) is 0 Å². The van der Waals surface area contributed by atoms with Crippen molar-refractivity contribution in [1.82, 2.24) is 5.32 Å². The number of ether oxygens (including phenoxy) is 3. The molecule has 1 saturated heterocycles. The molecule has 1 aromatic rings. The van der Waals surface area contributed by atoms with Crippen molar-refractivity contribution in [3.63, 3.8) is 0 Å². The van der Waals surface area contributed by atoms with Gasteiger partial charge in [-0.25, -0.2) is 0 Å². The molecule has 0 bridgehead atoms. The summed E-state index contributed by atoms with van der Waals surface area (Å²) < 4.78 is 16.0. The van der Waals surface area contributed by atoms with Crippen LogP contribution >= 0.6 is 0 Å². The molecule has 0 unspecified atom stereocenters. The molecule has 1 aliphatic heterocycles. The molecule has 156 valence electrons. The fourth-order valence-electron chi connectivity index (χ4n) is 3.31. The van der Waals surface area contributed by atoms with E-state index in [1.54, 1.807) is 17.0 Å². The molecule has 0 spiro atoms. The third-order valence-corrected chi connectivity index (χ3v) is 5.31. The van der Waals surface area contributed by atoms with Crippen LogP contribution in [0.3, 0.4) is 0 Å². The zero-order chi connectivity index (χ0) is 20.8. The standard InChI is InChI=1S/C20H30N2O6/c1-6-12(2)15(11-23)21-20(25)13-7-18(24)22(10-13)14-8-16(26-3)19(28-5)17(9-14)27-4/h8-9,12-13,15,23H,6-7,10-11H2,1-5H3,(H,21,25)/t12-,13+,15+/m0/s1. The highest BCUT2D eigenvalue weighted by Gasteiger charge is 2.37. The number of rotatable bonds is 9. The second kappa shape index (κ2) is 9.64. The van der Waals surface area contributed by atoms with Gasteiger partial charge in [-0.1, -0.05) is 20.3 Å². The van der Waals surface area contributed by atoms with Crippen molar-refractivity contribution in [3.8, 4) is 17.2 Å². The van der Waals surface area contributed by atoms with Crippen molar-refractivity contribution in [2.24, 2.45) is 11.8 Å². The maximum atomic E-state index is 12.6. The Morgan fingerprint density at radius 3 is 2.32 bits per heavy atom. The van der Waals surface area contributed by atoms with E-state index in [1.807, 2.05) is 13.8 Å². The number of benzene rings is 1. The summed E-state index contributed by atoms with van der Waals surface area (Å²) in [6, 6.07) is 3.06. The fourth-order valence-corrected chi connectivity index (χ4v) is 3.31. The maximum Gasteiger partial charge on any atom is 0.227 e. The second-order valence-corrected chi connectivity index (χ2v) is 6.97. The first kappa shape index (κ1) is 21.8. The Morgan fingerprint density at radius 1 is 1.25 bits per heavy atom. The Bertz CT molecular complexity index is 683. The molecule has 1 fully saturated rings. The summed E-state index contributed by atoms with van der Waals surface area (Å²) in [4.78, 5) is 26.8. The number of carbonyl (C=O) groups excluding carboxylic acids is 2. The number of methoxy groups -OCH3 is 3. The highest BCUT2D eigenvalue weighted by Crippen LogP contribution is 2.42. The minimum Gasteiger partial charge on any atom is -0.493 e. The maximum absolute atomic E-state index is 12.6. The molecule has 1 heterocycles. The first-order valence-corrected chi connectivity index (χ1v) is 9.41. The first-order chi connectivity index (χ1) is 13.4. The van der Waals surface area contributed by atoms with Gasteiger partial charge >= 0.3 is 0 Å². The number of hydrogen-bond acceptors (Lipinski definition) is 6. The highest BCUT2D eigenvalue weighted by molar-refractivity contribution is 6.00. The lowest BCUT2D eigenvalue weighted by Crippen LogP contribution is -2.45. The third kappa shape index (κ3) is 4.49. The van der Waals surface area contributed by atoms with Crippen LogP contribution in [0.4, 0.5) is 5.69 Å². The second-order valence-electron chi connectivity index (χ2n) is 6.97. The van der Waals surface area contributed by atoms with E-state index in [0.717, 1.165) is 6.42 Å². The van der Waals surface area contributed by atoms with Gasteiger partial charge in [-0.3, -0.25) is 9.59 Å². The average molecular weight is 394 g/mol. The van der Waals surface area contributed by atoms with Crippen molar-refractivity contribution in [1.29, 1.82) is 0 Å². The molecule has 1 aliphatic rings. The van der Waals surface area contributed by atoms with Crippen molar-refractivity contribution in [2.75, 3.05) is 39.4 Å². The Labute approximate surface area is 165 Å².